The Bertz CT molecular complexity index is 301. The fourth-order valence-corrected chi connectivity index (χ4v) is 2.80. The number of rotatable bonds is 3. The van der Waals surface area contributed by atoms with Crippen LogP contribution >= 0.6 is 0 Å². The van der Waals surface area contributed by atoms with Crippen molar-refractivity contribution in [3.8, 4) is 0 Å². The Labute approximate surface area is 109 Å². The lowest BCUT2D eigenvalue weighted by molar-refractivity contribution is -0.138. The standard InChI is InChI=1S/C13H25N3O2/c1-11-12(17)16(10-13(2,3)14-11)5-4-15-6-8-18-9-7-15/h11,14H,4-10H2,1-3H3. The van der Waals surface area contributed by atoms with Crippen molar-refractivity contribution in [1.29, 1.82) is 0 Å². The van der Waals surface area contributed by atoms with E-state index < -0.39 is 0 Å². The zero-order valence-corrected chi connectivity index (χ0v) is 11.7. The fraction of sp³-hybridized carbons (Fsp3) is 0.923. The van der Waals surface area contributed by atoms with E-state index in [1.54, 1.807) is 0 Å². The molecule has 1 amide bonds. The fourth-order valence-electron chi connectivity index (χ4n) is 2.80. The Hall–Kier alpha value is -0.650. The van der Waals surface area contributed by atoms with E-state index in [9.17, 15) is 4.79 Å². The normalized spacial score (nSPS) is 29.6. The molecule has 0 bridgehead atoms. The van der Waals surface area contributed by atoms with Crippen molar-refractivity contribution >= 4 is 5.91 Å². The summed E-state index contributed by atoms with van der Waals surface area (Å²) < 4.78 is 5.33. The number of hydrogen-bond donors (Lipinski definition) is 1. The molecule has 2 aliphatic rings. The van der Waals surface area contributed by atoms with Gasteiger partial charge in [0, 0.05) is 38.3 Å². The number of ether oxygens (including phenoxy) is 1. The summed E-state index contributed by atoms with van der Waals surface area (Å²) in [6.07, 6.45) is 0. The van der Waals surface area contributed by atoms with Crippen molar-refractivity contribution in [3.63, 3.8) is 0 Å². The van der Waals surface area contributed by atoms with E-state index in [0.29, 0.717) is 0 Å². The summed E-state index contributed by atoms with van der Waals surface area (Å²) in [6.45, 7) is 12.4. The number of nitrogens with one attached hydrogen (secondary N) is 1. The lowest BCUT2D eigenvalue weighted by Gasteiger charge is -2.43. The second kappa shape index (κ2) is 5.55. The van der Waals surface area contributed by atoms with Crippen LogP contribution in [0.3, 0.4) is 0 Å². The van der Waals surface area contributed by atoms with Gasteiger partial charge in [0.05, 0.1) is 19.3 Å². The SMILES string of the molecule is CC1NC(C)(C)CN(CCN2CCOCC2)C1=O. The topological polar surface area (TPSA) is 44.8 Å². The monoisotopic (exact) mass is 255 g/mol. The van der Waals surface area contributed by atoms with Crippen molar-refractivity contribution in [2.24, 2.45) is 0 Å². The average molecular weight is 255 g/mol. The van der Waals surface area contributed by atoms with Crippen molar-refractivity contribution in [3.05, 3.63) is 0 Å². The molecule has 2 fully saturated rings. The molecule has 2 heterocycles. The molecule has 0 radical (unpaired) electrons. The van der Waals surface area contributed by atoms with E-state index in [0.717, 1.165) is 45.9 Å². The van der Waals surface area contributed by atoms with Crippen molar-refractivity contribution in [2.45, 2.75) is 32.4 Å². The minimum atomic E-state index is -0.0709. The Kier molecular flexibility index (Phi) is 4.25. The van der Waals surface area contributed by atoms with Crippen molar-refractivity contribution < 1.29 is 9.53 Å². The molecule has 104 valence electrons. The van der Waals surface area contributed by atoms with E-state index in [-0.39, 0.29) is 17.5 Å². The molecule has 0 aromatic rings. The quantitative estimate of drug-likeness (QED) is 0.766. The third-order valence-corrected chi connectivity index (χ3v) is 3.67. The van der Waals surface area contributed by atoms with E-state index in [4.69, 9.17) is 4.74 Å². The van der Waals surface area contributed by atoms with Gasteiger partial charge in [-0.25, -0.2) is 0 Å². The molecule has 1 N–H and O–H groups in total. The minimum Gasteiger partial charge on any atom is -0.379 e. The Morgan fingerprint density at radius 2 is 2.00 bits per heavy atom. The van der Waals surface area contributed by atoms with Gasteiger partial charge in [0.2, 0.25) is 5.91 Å². The van der Waals surface area contributed by atoms with Gasteiger partial charge in [-0.2, -0.15) is 0 Å². The number of piperazine rings is 1. The van der Waals surface area contributed by atoms with Gasteiger partial charge in [-0.15, -0.1) is 0 Å². The summed E-state index contributed by atoms with van der Waals surface area (Å²) in [4.78, 5) is 16.5. The molecule has 5 nitrogen and oxygen atoms in total. The van der Waals surface area contributed by atoms with E-state index in [1.807, 2.05) is 11.8 Å². The maximum absolute atomic E-state index is 12.1. The summed E-state index contributed by atoms with van der Waals surface area (Å²) in [5, 5.41) is 3.35. The van der Waals surface area contributed by atoms with Crippen LogP contribution in [-0.4, -0.2) is 73.2 Å². The molecule has 0 spiro atoms. The van der Waals surface area contributed by atoms with Gasteiger partial charge < -0.3 is 9.64 Å². The maximum Gasteiger partial charge on any atom is 0.239 e. The van der Waals surface area contributed by atoms with Crippen LogP contribution < -0.4 is 5.32 Å². The molecule has 1 unspecified atom stereocenters. The average Bonchev–Trinajstić information content (AvgIpc) is 2.33. The van der Waals surface area contributed by atoms with Gasteiger partial charge >= 0.3 is 0 Å². The molecule has 0 aromatic carbocycles. The number of nitrogens with zero attached hydrogens (tertiary/aromatic N) is 2. The lowest BCUT2D eigenvalue weighted by Crippen LogP contribution is -2.64. The summed E-state index contributed by atoms with van der Waals surface area (Å²) >= 11 is 0. The maximum atomic E-state index is 12.1. The number of morpholine rings is 1. The van der Waals surface area contributed by atoms with Crippen LogP contribution in [-0.2, 0) is 9.53 Å². The van der Waals surface area contributed by atoms with Crippen LogP contribution in [0.2, 0.25) is 0 Å². The Morgan fingerprint density at radius 3 is 2.67 bits per heavy atom. The summed E-state index contributed by atoms with van der Waals surface area (Å²) in [5.41, 5.74) is 0.0122. The number of hydrogen-bond acceptors (Lipinski definition) is 4. The van der Waals surface area contributed by atoms with Gasteiger partial charge in [-0.3, -0.25) is 15.0 Å². The number of carbonyl (C=O) groups is 1. The van der Waals surface area contributed by atoms with Gasteiger partial charge in [-0.1, -0.05) is 0 Å². The first-order chi connectivity index (χ1) is 8.48. The molecule has 18 heavy (non-hydrogen) atoms. The largest absolute Gasteiger partial charge is 0.379 e. The molecular weight excluding hydrogens is 230 g/mol. The zero-order valence-electron chi connectivity index (χ0n) is 11.7. The summed E-state index contributed by atoms with van der Waals surface area (Å²) in [7, 11) is 0. The Balaban J connectivity index is 1.84. The summed E-state index contributed by atoms with van der Waals surface area (Å²) in [6, 6.07) is -0.0709. The number of amides is 1. The van der Waals surface area contributed by atoms with Crippen LogP contribution in [0.4, 0.5) is 0 Å². The first-order valence-corrected chi connectivity index (χ1v) is 6.84. The van der Waals surface area contributed by atoms with Gasteiger partial charge in [0.25, 0.3) is 0 Å². The van der Waals surface area contributed by atoms with Gasteiger partial charge in [0.15, 0.2) is 0 Å². The molecule has 2 rings (SSSR count). The van der Waals surface area contributed by atoms with Crippen molar-refractivity contribution in [1.82, 2.24) is 15.1 Å². The lowest BCUT2D eigenvalue weighted by atomic mass is 9.98. The van der Waals surface area contributed by atoms with E-state index in [2.05, 4.69) is 24.1 Å². The molecule has 2 saturated heterocycles. The molecule has 0 saturated carbocycles. The second-order valence-electron chi connectivity index (χ2n) is 5.96. The molecule has 2 aliphatic heterocycles. The highest BCUT2D eigenvalue weighted by molar-refractivity contribution is 5.82. The highest BCUT2D eigenvalue weighted by Gasteiger charge is 2.35. The van der Waals surface area contributed by atoms with E-state index >= 15 is 0 Å². The Morgan fingerprint density at radius 1 is 1.33 bits per heavy atom. The smallest absolute Gasteiger partial charge is 0.239 e. The van der Waals surface area contributed by atoms with Gasteiger partial charge in [-0.05, 0) is 20.8 Å². The molecular formula is C13H25N3O2. The molecule has 0 aliphatic carbocycles. The third-order valence-electron chi connectivity index (χ3n) is 3.67. The predicted octanol–water partition coefficient (Wildman–Crippen LogP) is -0.0825. The number of carbonyl (C=O) groups excluding carboxylic acids is 1. The predicted molar refractivity (Wildman–Crippen MR) is 70.5 cm³/mol. The van der Waals surface area contributed by atoms with E-state index in [1.165, 1.54) is 0 Å². The molecule has 5 heteroatoms. The van der Waals surface area contributed by atoms with Gasteiger partial charge in [0.1, 0.15) is 0 Å². The van der Waals surface area contributed by atoms with Crippen LogP contribution in [0.25, 0.3) is 0 Å². The van der Waals surface area contributed by atoms with Crippen LogP contribution in [0.15, 0.2) is 0 Å². The summed E-state index contributed by atoms with van der Waals surface area (Å²) in [5.74, 6) is 0.225. The zero-order chi connectivity index (χ0) is 13.2. The molecule has 1 atom stereocenters. The van der Waals surface area contributed by atoms with Crippen LogP contribution in [0, 0.1) is 0 Å². The highest BCUT2D eigenvalue weighted by Crippen LogP contribution is 2.15. The first kappa shape index (κ1) is 13.8. The van der Waals surface area contributed by atoms with Crippen LogP contribution in [0.5, 0.6) is 0 Å². The first-order valence-electron chi connectivity index (χ1n) is 6.84. The van der Waals surface area contributed by atoms with Crippen LogP contribution in [0.1, 0.15) is 20.8 Å². The third kappa shape index (κ3) is 3.43. The molecule has 0 aromatic heterocycles. The second-order valence-corrected chi connectivity index (χ2v) is 5.96. The minimum absolute atomic E-state index is 0.0122. The van der Waals surface area contributed by atoms with Crippen molar-refractivity contribution in [2.75, 3.05) is 45.9 Å². The highest BCUT2D eigenvalue weighted by atomic mass is 16.5.